The first-order chi connectivity index (χ1) is 9.45. The van der Waals surface area contributed by atoms with Gasteiger partial charge < -0.3 is 5.32 Å². The minimum atomic E-state index is -3.72. The van der Waals surface area contributed by atoms with Crippen LogP contribution in [-0.2, 0) is 21.2 Å². The summed E-state index contributed by atoms with van der Waals surface area (Å²) < 4.78 is 22.2. The fraction of sp³-hybridized carbons (Fsp3) is 0.0769. The van der Waals surface area contributed by atoms with Gasteiger partial charge in [0.2, 0.25) is 15.9 Å². The van der Waals surface area contributed by atoms with E-state index in [0.29, 0.717) is 5.69 Å². The molecule has 0 spiro atoms. The lowest BCUT2D eigenvalue weighted by molar-refractivity contribution is -0.115. The minimum Gasteiger partial charge on any atom is -0.326 e. The number of nitrogens with one attached hydrogen (secondary N) is 1. The Balaban J connectivity index is 2.02. The Hall–Kier alpha value is -2.25. The molecule has 2 rings (SSSR count). The molecule has 20 heavy (non-hydrogen) atoms. The van der Waals surface area contributed by atoms with Crippen molar-refractivity contribution in [2.45, 2.75) is 11.3 Å². The van der Waals surface area contributed by atoms with Gasteiger partial charge in [0.1, 0.15) is 0 Å². The zero-order chi connectivity index (χ0) is 14.6. The van der Waals surface area contributed by atoms with Gasteiger partial charge >= 0.3 is 0 Å². The molecule has 0 fully saturated rings. The number of hydrogen-bond donors (Lipinski definition) is 2. The highest BCUT2D eigenvalue weighted by atomic mass is 32.2. The third kappa shape index (κ3) is 3.87. The molecule has 0 saturated heterocycles. The molecule has 2 aromatic rings. The van der Waals surface area contributed by atoms with Crippen LogP contribution < -0.4 is 10.5 Å². The van der Waals surface area contributed by atoms with Gasteiger partial charge in [0.15, 0.2) is 0 Å². The Morgan fingerprint density at radius 3 is 2.25 bits per heavy atom. The number of primary sulfonamides is 1. The second-order valence-corrected chi connectivity index (χ2v) is 5.71. The van der Waals surface area contributed by atoms with Crippen molar-refractivity contribution in [3.63, 3.8) is 0 Å². The molecule has 0 atom stereocenters. The molecule has 104 valence electrons. The maximum atomic E-state index is 11.8. The third-order valence-electron chi connectivity index (χ3n) is 2.58. The Morgan fingerprint density at radius 1 is 1.10 bits per heavy atom. The van der Waals surface area contributed by atoms with E-state index < -0.39 is 10.0 Å². The number of nitrogens with zero attached hydrogens (tertiary/aromatic N) is 1. The summed E-state index contributed by atoms with van der Waals surface area (Å²) in [4.78, 5) is 15.7. The van der Waals surface area contributed by atoms with Gasteiger partial charge in [-0.15, -0.1) is 0 Å². The largest absolute Gasteiger partial charge is 0.326 e. The lowest BCUT2D eigenvalue weighted by atomic mass is 10.2. The maximum absolute atomic E-state index is 11.8. The summed E-state index contributed by atoms with van der Waals surface area (Å²) >= 11 is 0. The van der Waals surface area contributed by atoms with Crippen molar-refractivity contribution in [2.75, 3.05) is 5.32 Å². The van der Waals surface area contributed by atoms with Gasteiger partial charge in [0, 0.05) is 18.1 Å². The van der Waals surface area contributed by atoms with Crippen molar-refractivity contribution in [3.8, 4) is 0 Å². The van der Waals surface area contributed by atoms with Gasteiger partial charge in [-0.3, -0.25) is 9.78 Å². The highest BCUT2D eigenvalue weighted by molar-refractivity contribution is 7.89. The number of nitrogens with two attached hydrogens (primary N) is 1. The molecule has 3 N–H and O–H groups in total. The molecule has 1 heterocycles. The van der Waals surface area contributed by atoms with E-state index in [-0.39, 0.29) is 17.2 Å². The molecular formula is C13H13N3O3S. The maximum Gasteiger partial charge on any atom is 0.238 e. The van der Waals surface area contributed by atoms with Gasteiger partial charge in [-0.05, 0) is 42.0 Å². The first-order valence-electron chi connectivity index (χ1n) is 5.77. The molecule has 1 aromatic carbocycles. The smallest absolute Gasteiger partial charge is 0.238 e. The number of sulfonamides is 1. The van der Waals surface area contributed by atoms with Gasteiger partial charge in [0.25, 0.3) is 0 Å². The van der Waals surface area contributed by atoms with E-state index >= 15 is 0 Å². The van der Waals surface area contributed by atoms with E-state index in [1.807, 2.05) is 0 Å². The van der Waals surface area contributed by atoms with Gasteiger partial charge in [0.05, 0.1) is 11.3 Å². The first-order valence-corrected chi connectivity index (χ1v) is 7.31. The van der Waals surface area contributed by atoms with Crippen LogP contribution in [0.15, 0.2) is 53.7 Å². The van der Waals surface area contributed by atoms with Crippen LogP contribution in [0.3, 0.4) is 0 Å². The van der Waals surface area contributed by atoms with Crippen molar-refractivity contribution in [1.82, 2.24) is 4.98 Å². The van der Waals surface area contributed by atoms with Crippen LogP contribution in [0.1, 0.15) is 5.56 Å². The summed E-state index contributed by atoms with van der Waals surface area (Å²) in [5.74, 6) is -0.195. The number of rotatable bonds is 4. The number of benzene rings is 1. The molecule has 1 aromatic heterocycles. The van der Waals surface area contributed by atoms with Crippen molar-refractivity contribution in [3.05, 3.63) is 54.4 Å². The molecule has 1 amide bonds. The van der Waals surface area contributed by atoms with Gasteiger partial charge in [-0.1, -0.05) is 0 Å². The second kappa shape index (κ2) is 5.81. The minimum absolute atomic E-state index is 0.00429. The van der Waals surface area contributed by atoms with E-state index in [2.05, 4.69) is 10.3 Å². The highest BCUT2D eigenvalue weighted by Gasteiger charge is 2.08. The molecule has 0 aliphatic heterocycles. The zero-order valence-electron chi connectivity index (χ0n) is 10.5. The molecule has 0 aliphatic rings. The molecule has 0 unspecified atom stereocenters. The standard InChI is InChI=1S/C13H13N3O3S/c14-20(18,19)12-3-1-11(2-4-12)16-13(17)9-10-5-7-15-8-6-10/h1-8H,9H2,(H,16,17)(H2,14,18,19). The van der Waals surface area contributed by atoms with E-state index in [9.17, 15) is 13.2 Å². The third-order valence-corrected chi connectivity index (χ3v) is 3.51. The number of hydrogen-bond acceptors (Lipinski definition) is 4. The Kier molecular flexibility index (Phi) is 4.11. The normalized spacial score (nSPS) is 11.1. The lowest BCUT2D eigenvalue weighted by Crippen LogP contribution is -2.15. The van der Waals surface area contributed by atoms with Crippen molar-refractivity contribution < 1.29 is 13.2 Å². The summed E-state index contributed by atoms with van der Waals surface area (Å²) in [7, 11) is -3.72. The van der Waals surface area contributed by atoms with Crippen LogP contribution in [0.25, 0.3) is 0 Å². The molecule has 0 radical (unpaired) electrons. The van der Waals surface area contributed by atoms with E-state index in [1.54, 1.807) is 24.5 Å². The van der Waals surface area contributed by atoms with Crippen LogP contribution >= 0.6 is 0 Å². The average Bonchev–Trinajstić information content (AvgIpc) is 2.39. The van der Waals surface area contributed by atoms with Crippen LogP contribution in [0, 0.1) is 0 Å². The molecule has 0 bridgehead atoms. The van der Waals surface area contributed by atoms with Crippen LogP contribution in [0.4, 0.5) is 5.69 Å². The summed E-state index contributed by atoms with van der Waals surface area (Å²) in [6, 6.07) is 9.18. The summed E-state index contributed by atoms with van der Waals surface area (Å²) in [6.45, 7) is 0. The molecule has 0 aliphatic carbocycles. The van der Waals surface area contributed by atoms with E-state index in [0.717, 1.165) is 5.56 Å². The second-order valence-electron chi connectivity index (χ2n) is 4.15. The predicted octanol–water partition coefficient (Wildman–Crippen LogP) is 0.910. The summed E-state index contributed by atoms with van der Waals surface area (Å²) in [6.07, 6.45) is 3.45. The van der Waals surface area contributed by atoms with Crippen LogP contribution in [0.5, 0.6) is 0 Å². The monoisotopic (exact) mass is 291 g/mol. The fourth-order valence-electron chi connectivity index (χ4n) is 1.62. The van der Waals surface area contributed by atoms with Crippen LogP contribution in [-0.4, -0.2) is 19.3 Å². The molecule has 6 nitrogen and oxygen atoms in total. The summed E-state index contributed by atoms with van der Waals surface area (Å²) in [5.41, 5.74) is 1.36. The number of carbonyl (C=O) groups excluding carboxylic acids is 1. The Morgan fingerprint density at radius 2 is 1.70 bits per heavy atom. The number of amides is 1. The molecular weight excluding hydrogens is 278 g/mol. The quantitative estimate of drug-likeness (QED) is 0.874. The molecule has 7 heteroatoms. The topological polar surface area (TPSA) is 102 Å². The Labute approximate surface area is 116 Å². The van der Waals surface area contributed by atoms with E-state index in [4.69, 9.17) is 5.14 Å². The van der Waals surface area contributed by atoms with E-state index in [1.165, 1.54) is 24.3 Å². The number of carbonyl (C=O) groups is 1. The van der Waals surface area contributed by atoms with Gasteiger partial charge in [-0.25, -0.2) is 13.6 Å². The van der Waals surface area contributed by atoms with Crippen LogP contribution in [0.2, 0.25) is 0 Å². The highest BCUT2D eigenvalue weighted by Crippen LogP contribution is 2.13. The zero-order valence-corrected chi connectivity index (χ0v) is 11.3. The summed E-state index contributed by atoms with van der Waals surface area (Å²) in [5, 5.41) is 7.66. The lowest BCUT2D eigenvalue weighted by Gasteiger charge is -2.06. The number of aromatic nitrogens is 1. The Bertz CT molecular complexity index is 697. The van der Waals surface area contributed by atoms with Crippen molar-refractivity contribution in [2.24, 2.45) is 5.14 Å². The molecule has 0 saturated carbocycles. The predicted molar refractivity (Wildman–Crippen MR) is 74.4 cm³/mol. The van der Waals surface area contributed by atoms with Crippen molar-refractivity contribution in [1.29, 1.82) is 0 Å². The average molecular weight is 291 g/mol. The number of anilines is 1. The first kappa shape index (κ1) is 14.2. The number of pyridine rings is 1. The fourth-order valence-corrected chi connectivity index (χ4v) is 2.13. The van der Waals surface area contributed by atoms with Gasteiger partial charge in [-0.2, -0.15) is 0 Å². The van der Waals surface area contributed by atoms with Crippen molar-refractivity contribution >= 4 is 21.6 Å². The SMILES string of the molecule is NS(=O)(=O)c1ccc(NC(=O)Cc2ccncc2)cc1.